The summed E-state index contributed by atoms with van der Waals surface area (Å²) in [6, 6.07) is 1.14. The summed E-state index contributed by atoms with van der Waals surface area (Å²) in [6.45, 7) is 0.996. The molecule has 0 saturated carbocycles. The highest BCUT2D eigenvalue weighted by Crippen LogP contribution is 2.08. The predicted molar refractivity (Wildman–Crippen MR) is 55.0 cm³/mol. The Balaban J connectivity index is 2.63. The van der Waals surface area contributed by atoms with Gasteiger partial charge in [0.1, 0.15) is 0 Å². The Morgan fingerprint density at radius 3 is 2.81 bits per heavy atom. The summed E-state index contributed by atoms with van der Waals surface area (Å²) >= 11 is 0. The minimum atomic E-state index is -1.26. The lowest BCUT2D eigenvalue weighted by Gasteiger charge is -2.10. The molecule has 1 rings (SSSR count). The summed E-state index contributed by atoms with van der Waals surface area (Å²) in [4.78, 5) is 16.4. The molecule has 0 fully saturated rings. The third-order valence-electron chi connectivity index (χ3n) is 1.94. The van der Waals surface area contributed by atoms with Crippen LogP contribution in [0.25, 0.3) is 0 Å². The largest absolute Gasteiger partial charge is 0.351 e. The Labute approximate surface area is 92.3 Å². The fraction of sp³-hybridized carbons (Fsp3) is 0.400. The lowest BCUT2D eigenvalue weighted by atomic mass is 10.2. The molecule has 1 N–H and O–H groups in total. The van der Waals surface area contributed by atoms with Crippen molar-refractivity contribution in [2.24, 2.45) is 0 Å². The Morgan fingerprint density at radius 1 is 1.50 bits per heavy atom. The van der Waals surface area contributed by atoms with Crippen LogP contribution in [0.4, 0.5) is 8.78 Å². The van der Waals surface area contributed by atoms with Crippen LogP contribution in [0.15, 0.2) is 12.3 Å². The van der Waals surface area contributed by atoms with E-state index < -0.39 is 17.7 Å². The van der Waals surface area contributed by atoms with E-state index in [9.17, 15) is 13.6 Å². The van der Waals surface area contributed by atoms with E-state index in [1.165, 1.54) is 0 Å². The summed E-state index contributed by atoms with van der Waals surface area (Å²) < 4.78 is 25.8. The number of carbonyl (C=O) groups is 1. The molecule has 0 radical (unpaired) electrons. The molecule has 0 aliphatic heterocycles. The molecule has 0 atom stereocenters. The molecule has 6 heteroatoms. The molecule has 1 heterocycles. The van der Waals surface area contributed by atoms with Crippen LogP contribution in [0.5, 0.6) is 0 Å². The maximum Gasteiger partial charge on any atom is 0.254 e. The van der Waals surface area contributed by atoms with Crippen molar-refractivity contribution in [2.75, 3.05) is 27.2 Å². The summed E-state index contributed by atoms with van der Waals surface area (Å²) in [5.74, 6) is -3.12. The average molecular weight is 229 g/mol. The van der Waals surface area contributed by atoms with Crippen LogP contribution in [0, 0.1) is 11.8 Å². The molecule has 0 saturated heterocycles. The van der Waals surface area contributed by atoms with E-state index in [0.717, 1.165) is 12.3 Å². The monoisotopic (exact) mass is 229 g/mol. The van der Waals surface area contributed by atoms with Gasteiger partial charge in [-0.3, -0.25) is 4.79 Å². The molecule has 1 aromatic rings. The molecule has 0 aromatic carbocycles. The maximum atomic E-state index is 13.1. The van der Waals surface area contributed by atoms with Gasteiger partial charge in [-0.2, -0.15) is 4.39 Å². The molecule has 0 spiro atoms. The first kappa shape index (κ1) is 12.5. The van der Waals surface area contributed by atoms with Crippen molar-refractivity contribution in [2.45, 2.75) is 0 Å². The molecule has 1 amide bonds. The van der Waals surface area contributed by atoms with E-state index in [1.807, 2.05) is 19.0 Å². The summed E-state index contributed by atoms with van der Waals surface area (Å²) in [7, 11) is 3.69. The van der Waals surface area contributed by atoms with E-state index in [0.29, 0.717) is 13.1 Å². The van der Waals surface area contributed by atoms with Crippen LogP contribution in [0.3, 0.4) is 0 Å². The molecule has 0 aliphatic rings. The first-order valence-corrected chi connectivity index (χ1v) is 4.75. The smallest absolute Gasteiger partial charge is 0.254 e. The van der Waals surface area contributed by atoms with Crippen LogP contribution in [0.2, 0.25) is 0 Å². The molecule has 16 heavy (non-hydrogen) atoms. The van der Waals surface area contributed by atoms with Crippen LogP contribution in [-0.4, -0.2) is 43.0 Å². The number of halogens is 2. The fourth-order valence-corrected chi connectivity index (χ4v) is 1.08. The number of aromatic nitrogens is 1. The van der Waals surface area contributed by atoms with E-state index in [4.69, 9.17) is 0 Å². The van der Waals surface area contributed by atoms with E-state index in [2.05, 4.69) is 10.3 Å². The van der Waals surface area contributed by atoms with Crippen LogP contribution >= 0.6 is 0 Å². The number of amides is 1. The van der Waals surface area contributed by atoms with Gasteiger partial charge in [0.05, 0.1) is 5.56 Å². The topological polar surface area (TPSA) is 45.2 Å². The van der Waals surface area contributed by atoms with E-state index in [-0.39, 0.29) is 5.56 Å². The van der Waals surface area contributed by atoms with Crippen molar-refractivity contribution in [3.63, 3.8) is 0 Å². The second kappa shape index (κ2) is 5.50. The first-order chi connectivity index (χ1) is 7.52. The first-order valence-electron chi connectivity index (χ1n) is 4.75. The van der Waals surface area contributed by atoms with E-state index >= 15 is 0 Å². The summed E-state index contributed by atoms with van der Waals surface area (Å²) in [5.41, 5.74) is -0.328. The zero-order chi connectivity index (χ0) is 12.1. The lowest BCUT2D eigenvalue weighted by molar-refractivity contribution is 0.0945. The molecule has 0 bridgehead atoms. The quantitative estimate of drug-likeness (QED) is 0.771. The van der Waals surface area contributed by atoms with Crippen LogP contribution < -0.4 is 5.32 Å². The third-order valence-corrected chi connectivity index (χ3v) is 1.94. The fourth-order valence-electron chi connectivity index (χ4n) is 1.08. The normalized spacial score (nSPS) is 10.6. The molecule has 1 aromatic heterocycles. The molecule has 4 nitrogen and oxygen atoms in total. The van der Waals surface area contributed by atoms with Gasteiger partial charge in [-0.15, -0.1) is 0 Å². The third kappa shape index (κ3) is 3.23. The summed E-state index contributed by atoms with van der Waals surface area (Å²) in [5, 5.41) is 2.48. The van der Waals surface area contributed by atoms with Crippen molar-refractivity contribution in [1.82, 2.24) is 15.2 Å². The Bertz CT molecular complexity index is 382. The van der Waals surface area contributed by atoms with E-state index in [1.54, 1.807) is 0 Å². The van der Waals surface area contributed by atoms with Crippen molar-refractivity contribution >= 4 is 5.91 Å². The zero-order valence-corrected chi connectivity index (χ0v) is 9.13. The SMILES string of the molecule is CN(C)CCNC(=O)c1ccnc(F)c1F. The van der Waals surface area contributed by atoms with Gasteiger partial charge in [0.2, 0.25) is 5.95 Å². The van der Waals surface area contributed by atoms with Gasteiger partial charge in [0, 0.05) is 19.3 Å². The molecular weight excluding hydrogens is 216 g/mol. The van der Waals surface area contributed by atoms with Gasteiger partial charge >= 0.3 is 0 Å². The van der Waals surface area contributed by atoms with Gasteiger partial charge in [0.25, 0.3) is 5.91 Å². The van der Waals surface area contributed by atoms with Gasteiger partial charge in [0.15, 0.2) is 5.82 Å². The van der Waals surface area contributed by atoms with Gasteiger partial charge < -0.3 is 10.2 Å². The molecule has 88 valence electrons. The number of rotatable bonds is 4. The maximum absolute atomic E-state index is 13.1. The van der Waals surface area contributed by atoms with Gasteiger partial charge in [-0.05, 0) is 20.2 Å². The highest BCUT2D eigenvalue weighted by atomic mass is 19.2. The Morgan fingerprint density at radius 2 is 2.19 bits per heavy atom. The second-order valence-corrected chi connectivity index (χ2v) is 3.52. The van der Waals surface area contributed by atoms with Gasteiger partial charge in [-0.25, -0.2) is 9.37 Å². The Kier molecular flexibility index (Phi) is 4.30. The highest BCUT2D eigenvalue weighted by Gasteiger charge is 2.15. The Hall–Kier alpha value is -1.56. The number of likely N-dealkylation sites (N-methyl/N-ethyl adjacent to an activating group) is 1. The van der Waals surface area contributed by atoms with Crippen molar-refractivity contribution in [3.05, 3.63) is 29.6 Å². The average Bonchev–Trinajstić information content (AvgIpc) is 2.21. The number of carbonyl (C=O) groups excluding carboxylic acids is 1. The number of hydrogen-bond donors (Lipinski definition) is 1. The molecular formula is C10H13F2N3O. The number of pyridine rings is 1. The van der Waals surface area contributed by atoms with Crippen molar-refractivity contribution in [3.8, 4) is 0 Å². The van der Waals surface area contributed by atoms with Crippen molar-refractivity contribution < 1.29 is 13.6 Å². The highest BCUT2D eigenvalue weighted by molar-refractivity contribution is 5.94. The van der Waals surface area contributed by atoms with Crippen molar-refractivity contribution in [1.29, 1.82) is 0 Å². The number of nitrogens with one attached hydrogen (secondary N) is 1. The number of hydrogen-bond acceptors (Lipinski definition) is 3. The second-order valence-electron chi connectivity index (χ2n) is 3.52. The van der Waals surface area contributed by atoms with Gasteiger partial charge in [-0.1, -0.05) is 0 Å². The summed E-state index contributed by atoms with van der Waals surface area (Å²) in [6.07, 6.45) is 1.05. The molecule has 0 unspecified atom stereocenters. The predicted octanol–water partition coefficient (Wildman–Crippen LogP) is 0.651. The van der Waals surface area contributed by atoms with Crippen LogP contribution in [-0.2, 0) is 0 Å². The number of nitrogens with zero attached hydrogens (tertiary/aromatic N) is 2. The minimum absolute atomic E-state index is 0.328. The standard InChI is InChI=1S/C10H13F2N3O/c1-15(2)6-5-14-10(16)7-3-4-13-9(12)8(7)11/h3-4H,5-6H2,1-2H3,(H,14,16). The zero-order valence-electron chi connectivity index (χ0n) is 9.13. The van der Waals surface area contributed by atoms with Crippen LogP contribution in [0.1, 0.15) is 10.4 Å². The lowest BCUT2D eigenvalue weighted by Crippen LogP contribution is -2.32. The minimum Gasteiger partial charge on any atom is -0.351 e. The molecule has 0 aliphatic carbocycles.